The first-order valence-corrected chi connectivity index (χ1v) is 8.15. The van der Waals surface area contributed by atoms with E-state index < -0.39 is 0 Å². The fourth-order valence-corrected chi connectivity index (χ4v) is 4.19. The van der Waals surface area contributed by atoms with Gasteiger partial charge in [0.15, 0.2) is 0 Å². The fraction of sp³-hybridized carbons (Fsp3) is 0.692. The molecule has 0 radical (unpaired) electrons. The van der Waals surface area contributed by atoms with Gasteiger partial charge < -0.3 is 0 Å². The van der Waals surface area contributed by atoms with Crippen molar-refractivity contribution < 1.29 is 0 Å². The Morgan fingerprint density at radius 3 is 2.67 bits per heavy atom. The van der Waals surface area contributed by atoms with Crippen LogP contribution in [0.5, 0.6) is 0 Å². The zero-order valence-electron chi connectivity index (χ0n) is 11.1. The van der Waals surface area contributed by atoms with Crippen molar-refractivity contribution in [1.82, 2.24) is 10.3 Å². The van der Waals surface area contributed by atoms with Crippen LogP contribution in [0.4, 0.5) is 0 Å². The Morgan fingerprint density at radius 1 is 1.50 bits per heavy atom. The first kappa shape index (κ1) is 14.5. The second kappa shape index (κ2) is 6.01. The summed E-state index contributed by atoms with van der Waals surface area (Å²) in [4.78, 5) is 3.93. The van der Waals surface area contributed by atoms with Crippen LogP contribution < -0.4 is 11.3 Å². The molecule has 1 aliphatic heterocycles. The molecule has 5 heteroatoms. The van der Waals surface area contributed by atoms with Crippen molar-refractivity contribution >= 4 is 27.3 Å². The lowest BCUT2D eigenvalue weighted by molar-refractivity contribution is 0.107. The number of hydrazine groups is 1. The van der Waals surface area contributed by atoms with Crippen molar-refractivity contribution in [2.24, 2.45) is 5.84 Å². The molecule has 1 aromatic rings. The zero-order chi connectivity index (χ0) is 13.2. The highest BCUT2D eigenvalue weighted by Gasteiger charge is 2.36. The monoisotopic (exact) mass is 331 g/mol. The van der Waals surface area contributed by atoms with Crippen LogP contribution in [-0.4, -0.2) is 29.6 Å². The third-order valence-corrected chi connectivity index (χ3v) is 5.72. The van der Waals surface area contributed by atoms with E-state index in [0.717, 1.165) is 10.9 Å². The Hall–Kier alpha value is 0.0600. The van der Waals surface area contributed by atoms with Gasteiger partial charge in [0.05, 0.1) is 0 Å². The Bertz CT molecular complexity index is 385. The number of rotatable bonds is 5. The summed E-state index contributed by atoms with van der Waals surface area (Å²) >= 11 is 5.30. The second-order valence-corrected chi connectivity index (χ2v) is 7.41. The van der Waals surface area contributed by atoms with E-state index in [2.05, 4.69) is 51.5 Å². The van der Waals surface area contributed by atoms with Gasteiger partial charge in [-0.05, 0) is 61.8 Å². The minimum atomic E-state index is 0.0989. The van der Waals surface area contributed by atoms with E-state index in [-0.39, 0.29) is 11.6 Å². The fourth-order valence-electron chi connectivity index (χ4n) is 2.69. The number of hydrogen-bond donors (Lipinski definition) is 2. The van der Waals surface area contributed by atoms with Gasteiger partial charge in [-0.1, -0.05) is 0 Å². The molecule has 1 aliphatic rings. The van der Waals surface area contributed by atoms with Crippen LogP contribution in [0.3, 0.4) is 0 Å². The van der Waals surface area contributed by atoms with Crippen molar-refractivity contribution in [2.75, 3.05) is 13.1 Å². The Balaban J connectivity index is 2.06. The summed E-state index contributed by atoms with van der Waals surface area (Å²) in [6.07, 6.45) is 3.60. The van der Waals surface area contributed by atoms with Crippen LogP contribution in [0.25, 0.3) is 0 Å². The lowest BCUT2D eigenvalue weighted by atomic mass is 9.90. The summed E-state index contributed by atoms with van der Waals surface area (Å²) in [6, 6.07) is 2.47. The predicted molar refractivity (Wildman–Crippen MR) is 81.7 cm³/mol. The van der Waals surface area contributed by atoms with Crippen molar-refractivity contribution in [2.45, 2.75) is 44.7 Å². The summed E-state index contributed by atoms with van der Waals surface area (Å²) in [5, 5.41) is 2.13. The molecule has 3 N–H and O–H groups in total. The molecule has 0 saturated carbocycles. The normalized spacial score (nSPS) is 19.3. The topological polar surface area (TPSA) is 41.3 Å². The van der Waals surface area contributed by atoms with Crippen LogP contribution >= 0.6 is 27.3 Å². The molecule has 2 rings (SSSR count). The summed E-state index contributed by atoms with van der Waals surface area (Å²) in [5.74, 6) is 5.80. The molecule has 1 saturated heterocycles. The van der Waals surface area contributed by atoms with E-state index >= 15 is 0 Å². The van der Waals surface area contributed by atoms with Gasteiger partial charge in [-0.2, -0.15) is 0 Å². The Labute approximate surface area is 122 Å². The third kappa shape index (κ3) is 3.14. The number of halogens is 1. The highest BCUT2D eigenvalue weighted by Crippen LogP contribution is 2.28. The van der Waals surface area contributed by atoms with Crippen LogP contribution in [0.15, 0.2) is 15.9 Å². The molecule has 1 fully saturated rings. The van der Waals surface area contributed by atoms with Crippen LogP contribution in [-0.2, 0) is 6.42 Å². The average Bonchev–Trinajstić information content (AvgIpc) is 2.96. The molecule has 1 unspecified atom stereocenters. The third-order valence-electron chi connectivity index (χ3n) is 4.00. The lowest BCUT2D eigenvalue weighted by Crippen LogP contribution is -2.59. The van der Waals surface area contributed by atoms with E-state index in [4.69, 9.17) is 5.84 Å². The SMILES string of the molecule is CC(C)(C(Cc1cc(Br)cs1)NN)N1CCCC1. The zero-order valence-corrected chi connectivity index (χ0v) is 13.5. The van der Waals surface area contributed by atoms with Gasteiger partial charge in [0.2, 0.25) is 0 Å². The quantitative estimate of drug-likeness (QED) is 0.644. The summed E-state index contributed by atoms with van der Waals surface area (Å²) in [5.41, 5.74) is 3.13. The Kier molecular flexibility index (Phi) is 4.83. The minimum absolute atomic E-state index is 0.0989. The molecule has 0 bridgehead atoms. The summed E-state index contributed by atoms with van der Waals surface area (Å²) in [7, 11) is 0. The molecule has 0 aromatic carbocycles. The van der Waals surface area contributed by atoms with Crippen LogP contribution in [0.1, 0.15) is 31.6 Å². The van der Waals surface area contributed by atoms with Crippen molar-refractivity contribution in [1.29, 1.82) is 0 Å². The average molecular weight is 332 g/mol. The molecule has 102 valence electrons. The molecule has 0 amide bonds. The molecule has 1 aromatic heterocycles. The first-order chi connectivity index (χ1) is 8.54. The predicted octanol–water partition coefficient (Wildman–Crippen LogP) is 2.76. The first-order valence-electron chi connectivity index (χ1n) is 6.48. The number of likely N-dealkylation sites (tertiary alicyclic amines) is 1. The largest absolute Gasteiger partial charge is 0.297 e. The van der Waals surface area contributed by atoms with Crippen LogP contribution in [0.2, 0.25) is 0 Å². The maximum atomic E-state index is 5.80. The van der Waals surface area contributed by atoms with Crippen molar-refractivity contribution in [3.05, 3.63) is 20.8 Å². The highest BCUT2D eigenvalue weighted by molar-refractivity contribution is 9.10. The molecule has 1 atom stereocenters. The number of thiophene rings is 1. The van der Waals surface area contributed by atoms with Gasteiger partial charge in [0.1, 0.15) is 0 Å². The van der Waals surface area contributed by atoms with Crippen molar-refractivity contribution in [3.63, 3.8) is 0 Å². The molecule has 0 aliphatic carbocycles. The van der Waals surface area contributed by atoms with Gasteiger partial charge in [-0.3, -0.25) is 16.2 Å². The van der Waals surface area contributed by atoms with Crippen LogP contribution in [0, 0.1) is 0 Å². The molecule has 18 heavy (non-hydrogen) atoms. The Morgan fingerprint density at radius 2 is 2.17 bits per heavy atom. The number of nitrogens with zero attached hydrogens (tertiary/aromatic N) is 1. The van der Waals surface area contributed by atoms with Gasteiger partial charge in [-0.25, -0.2) is 0 Å². The summed E-state index contributed by atoms with van der Waals surface area (Å²) < 4.78 is 1.16. The minimum Gasteiger partial charge on any atom is -0.297 e. The van der Waals surface area contributed by atoms with Gasteiger partial charge in [-0.15, -0.1) is 11.3 Å². The maximum absolute atomic E-state index is 5.80. The second-order valence-electron chi connectivity index (χ2n) is 5.50. The van der Waals surface area contributed by atoms with E-state index in [9.17, 15) is 0 Å². The smallest absolute Gasteiger partial charge is 0.0437 e. The lowest BCUT2D eigenvalue weighted by Gasteiger charge is -2.41. The van der Waals surface area contributed by atoms with Gasteiger partial charge >= 0.3 is 0 Å². The van der Waals surface area contributed by atoms with E-state index in [1.165, 1.54) is 30.8 Å². The molecular formula is C13H22BrN3S. The van der Waals surface area contributed by atoms with E-state index in [1.807, 2.05) is 0 Å². The maximum Gasteiger partial charge on any atom is 0.0437 e. The number of nitrogens with one attached hydrogen (secondary N) is 1. The number of hydrogen-bond acceptors (Lipinski definition) is 4. The van der Waals surface area contributed by atoms with Gasteiger partial charge in [0, 0.05) is 32.7 Å². The summed E-state index contributed by atoms with van der Waals surface area (Å²) in [6.45, 7) is 6.98. The molecule has 2 heterocycles. The molecule has 3 nitrogen and oxygen atoms in total. The van der Waals surface area contributed by atoms with E-state index in [0.29, 0.717) is 0 Å². The highest BCUT2D eigenvalue weighted by atomic mass is 79.9. The molecule has 0 spiro atoms. The number of nitrogens with two attached hydrogens (primary N) is 1. The molecular weight excluding hydrogens is 310 g/mol. The van der Waals surface area contributed by atoms with E-state index in [1.54, 1.807) is 11.3 Å². The van der Waals surface area contributed by atoms with Gasteiger partial charge in [0.25, 0.3) is 0 Å². The standard InChI is InChI=1S/C13H22BrN3S/c1-13(2,17-5-3-4-6-17)12(16-15)8-11-7-10(14)9-18-11/h7,9,12,16H,3-6,8,15H2,1-2H3. The van der Waals surface area contributed by atoms with Crippen molar-refractivity contribution in [3.8, 4) is 0 Å².